The molecule has 0 N–H and O–H groups in total. The molecule has 0 spiro atoms. The molecule has 0 atom stereocenters. The number of nitrogens with zero attached hydrogens (tertiary/aromatic N) is 1. The van der Waals surface area contributed by atoms with Crippen LogP contribution in [0, 0.1) is 0 Å². The van der Waals surface area contributed by atoms with Gasteiger partial charge in [-0.2, -0.15) is 0 Å². The van der Waals surface area contributed by atoms with Crippen LogP contribution in [0.2, 0.25) is 0 Å². The van der Waals surface area contributed by atoms with Crippen LogP contribution in [0.1, 0.15) is 13.8 Å². The second kappa shape index (κ2) is 9.09. The molecule has 0 aliphatic carbocycles. The molecule has 0 bridgehead atoms. The van der Waals surface area contributed by atoms with Gasteiger partial charge in [0.1, 0.15) is 5.76 Å². The van der Waals surface area contributed by atoms with Crippen LogP contribution in [-0.2, 0) is 9.53 Å². The molecule has 17 heavy (non-hydrogen) atoms. The van der Waals surface area contributed by atoms with E-state index in [2.05, 4.69) is 18.2 Å². The molecule has 3 nitrogen and oxygen atoms in total. The van der Waals surface area contributed by atoms with Crippen molar-refractivity contribution >= 4 is 12.2 Å². The normalized spacial score (nSPS) is 13.1. The number of hydrogen-bond donors (Lipinski definition) is 0. The standard InChI is InChI=1S/C14H17NO2/c1-5-9-10-13(7-3)17-14(16)12(6-2)11-15-8-4/h5-11H,1,4H2,2-3H3/b10-9-,12-6+,13-7+,15-11?. The number of hydrogen-bond acceptors (Lipinski definition) is 3. The molecule has 0 rings (SSSR count). The van der Waals surface area contributed by atoms with Crippen LogP contribution >= 0.6 is 0 Å². The fraction of sp³-hybridized carbons (Fsp3) is 0.143. The zero-order valence-corrected chi connectivity index (χ0v) is 10.2. The van der Waals surface area contributed by atoms with Crippen molar-refractivity contribution in [3.8, 4) is 0 Å². The van der Waals surface area contributed by atoms with Crippen LogP contribution in [-0.4, -0.2) is 12.2 Å². The average molecular weight is 231 g/mol. The molecular weight excluding hydrogens is 214 g/mol. The van der Waals surface area contributed by atoms with E-state index in [0.29, 0.717) is 11.3 Å². The monoisotopic (exact) mass is 231 g/mol. The summed E-state index contributed by atoms with van der Waals surface area (Å²) in [6, 6.07) is 0. The van der Waals surface area contributed by atoms with Gasteiger partial charge in [0.2, 0.25) is 0 Å². The van der Waals surface area contributed by atoms with E-state index >= 15 is 0 Å². The van der Waals surface area contributed by atoms with Crippen molar-refractivity contribution in [2.24, 2.45) is 4.99 Å². The van der Waals surface area contributed by atoms with Gasteiger partial charge in [-0.1, -0.05) is 31.4 Å². The SMILES string of the molecule is C=C/C=C\C(=C/C)OC(=O)/C(C=NC=C)=C/C. The second-order valence-corrected chi connectivity index (χ2v) is 2.88. The summed E-state index contributed by atoms with van der Waals surface area (Å²) in [5.74, 6) is 0.00108. The first-order valence-corrected chi connectivity index (χ1v) is 5.17. The van der Waals surface area contributed by atoms with Gasteiger partial charge in [0.05, 0.1) is 5.57 Å². The van der Waals surface area contributed by atoms with Crippen molar-refractivity contribution in [2.75, 3.05) is 0 Å². The number of rotatable bonds is 6. The molecule has 0 aliphatic rings. The number of ether oxygens (including phenoxy) is 1. The van der Waals surface area contributed by atoms with E-state index in [1.165, 1.54) is 12.4 Å². The van der Waals surface area contributed by atoms with Crippen LogP contribution in [0.15, 0.2) is 66.1 Å². The zero-order chi connectivity index (χ0) is 13.1. The van der Waals surface area contributed by atoms with Crippen LogP contribution in [0.25, 0.3) is 0 Å². The molecule has 0 radical (unpaired) electrons. The van der Waals surface area contributed by atoms with Crippen LogP contribution in [0.4, 0.5) is 0 Å². The van der Waals surface area contributed by atoms with Crippen molar-refractivity contribution in [1.29, 1.82) is 0 Å². The van der Waals surface area contributed by atoms with Gasteiger partial charge < -0.3 is 4.74 Å². The van der Waals surface area contributed by atoms with Gasteiger partial charge in [0.15, 0.2) is 0 Å². The third-order valence-corrected chi connectivity index (χ3v) is 1.76. The topological polar surface area (TPSA) is 38.7 Å². The van der Waals surface area contributed by atoms with E-state index in [1.807, 2.05) is 0 Å². The fourth-order valence-corrected chi connectivity index (χ4v) is 0.896. The predicted octanol–water partition coefficient (Wildman–Crippen LogP) is 3.34. The van der Waals surface area contributed by atoms with E-state index in [-0.39, 0.29) is 0 Å². The molecule has 0 aromatic heterocycles. The largest absolute Gasteiger partial charge is 0.423 e. The van der Waals surface area contributed by atoms with Gasteiger partial charge in [-0.05, 0) is 26.0 Å². The maximum absolute atomic E-state index is 11.7. The second-order valence-electron chi connectivity index (χ2n) is 2.88. The lowest BCUT2D eigenvalue weighted by atomic mass is 10.3. The van der Waals surface area contributed by atoms with Gasteiger partial charge in [-0.15, -0.1) is 0 Å². The molecule has 0 unspecified atom stereocenters. The molecule has 0 aliphatic heterocycles. The van der Waals surface area contributed by atoms with Gasteiger partial charge in [-0.25, -0.2) is 4.79 Å². The maximum Gasteiger partial charge on any atom is 0.344 e. The first kappa shape index (κ1) is 14.8. The maximum atomic E-state index is 11.7. The highest BCUT2D eigenvalue weighted by atomic mass is 16.5. The van der Waals surface area contributed by atoms with Gasteiger partial charge >= 0.3 is 5.97 Å². The summed E-state index contributed by atoms with van der Waals surface area (Å²) in [6.45, 7) is 10.5. The Morgan fingerprint density at radius 1 is 1.24 bits per heavy atom. The Labute approximate surface area is 102 Å². The summed E-state index contributed by atoms with van der Waals surface area (Å²) in [5.41, 5.74) is 0.372. The molecule has 0 saturated carbocycles. The third-order valence-electron chi connectivity index (χ3n) is 1.76. The Balaban J connectivity index is 4.71. The Morgan fingerprint density at radius 3 is 2.41 bits per heavy atom. The lowest BCUT2D eigenvalue weighted by Gasteiger charge is -2.04. The van der Waals surface area contributed by atoms with Crippen molar-refractivity contribution in [2.45, 2.75) is 13.8 Å². The molecule has 0 aromatic carbocycles. The van der Waals surface area contributed by atoms with Crippen molar-refractivity contribution in [3.05, 3.63) is 61.1 Å². The number of aliphatic imine (C=N–C) groups is 1. The lowest BCUT2D eigenvalue weighted by Crippen LogP contribution is -2.07. The van der Waals surface area contributed by atoms with Crippen LogP contribution < -0.4 is 0 Å². The Bertz CT molecular complexity index is 398. The van der Waals surface area contributed by atoms with Crippen LogP contribution in [0.3, 0.4) is 0 Å². The molecule has 0 fully saturated rings. The van der Waals surface area contributed by atoms with E-state index < -0.39 is 5.97 Å². The third kappa shape index (κ3) is 6.10. The quantitative estimate of drug-likeness (QED) is 0.231. The van der Waals surface area contributed by atoms with E-state index in [4.69, 9.17) is 4.74 Å². The summed E-state index contributed by atoms with van der Waals surface area (Å²) in [6.07, 6.45) is 11.0. The highest BCUT2D eigenvalue weighted by Crippen LogP contribution is 2.05. The highest BCUT2D eigenvalue weighted by molar-refractivity contribution is 6.09. The molecule has 3 heteroatoms. The molecule has 0 saturated heterocycles. The number of carbonyl (C=O) groups is 1. The van der Waals surface area contributed by atoms with Crippen molar-refractivity contribution in [1.82, 2.24) is 0 Å². The average Bonchev–Trinajstić information content (AvgIpc) is 2.35. The summed E-state index contributed by atoms with van der Waals surface area (Å²) >= 11 is 0. The first-order valence-electron chi connectivity index (χ1n) is 5.17. The smallest absolute Gasteiger partial charge is 0.344 e. The Hall–Kier alpha value is -2.16. The Morgan fingerprint density at radius 2 is 1.94 bits per heavy atom. The Kier molecular flexibility index (Phi) is 7.94. The van der Waals surface area contributed by atoms with Gasteiger partial charge in [-0.3, -0.25) is 4.99 Å². The number of allylic oxidation sites excluding steroid dienone is 5. The minimum absolute atomic E-state index is 0.372. The van der Waals surface area contributed by atoms with Crippen LogP contribution in [0.5, 0.6) is 0 Å². The summed E-state index contributed by atoms with van der Waals surface area (Å²) in [5, 5.41) is 0. The lowest BCUT2D eigenvalue weighted by molar-refractivity contribution is -0.133. The minimum atomic E-state index is -0.458. The van der Waals surface area contributed by atoms with E-state index in [1.54, 1.807) is 44.2 Å². The minimum Gasteiger partial charge on any atom is -0.423 e. The molecule has 90 valence electrons. The molecular formula is C14H17NO2. The van der Waals surface area contributed by atoms with Gasteiger partial charge in [0, 0.05) is 12.4 Å². The molecule has 0 heterocycles. The summed E-state index contributed by atoms with van der Waals surface area (Å²) in [4.78, 5) is 15.5. The highest BCUT2D eigenvalue weighted by Gasteiger charge is 2.08. The number of carbonyl (C=O) groups excluding carboxylic acids is 1. The number of esters is 1. The molecule has 0 amide bonds. The summed E-state index contributed by atoms with van der Waals surface area (Å²) < 4.78 is 5.15. The van der Waals surface area contributed by atoms with Crippen molar-refractivity contribution in [3.63, 3.8) is 0 Å². The molecule has 0 aromatic rings. The fourth-order valence-electron chi connectivity index (χ4n) is 0.896. The summed E-state index contributed by atoms with van der Waals surface area (Å²) in [7, 11) is 0. The first-order chi connectivity index (χ1) is 8.19. The van der Waals surface area contributed by atoms with Gasteiger partial charge in [0.25, 0.3) is 0 Å². The van der Waals surface area contributed by atoms with E-state index in [9.17, 15) is 4.79 Å². The van der Waals surface area contributed by atoms with E-state index in [0.717, 1.165) is 0 Å². The predicted molar refractivity (Wildman–Crippen MR) is 71.6 cm³/mol. The van der Waals surface area contributed by atoms with Crippen molar-refractivity contribution < 1.29 is 9.53 Å². The zero-order valence-electron chi connectivity index (χ0n) is 10.2.